The van der Waals surface area contributed by atoms with Gasteiger partial charge < -0.3 is 50.3 Å². The molecule has 0 aliphatic heterocycles. The van der Waals surface area contributed by atoms with Crippen molar-refractivity contribution in [3.8, 4) is 102 Å². The molecule has 16 aromatic carbocycles. The third kappa shape index (κ3) is 13.7. The third-order valence-corrected chi connectivity index (χ3v) is 17.7. The number of benzene rings is 16. The van der Waals surface area contributed by atoms with Crippen LogP contribution in [-0.2, 0) is 6.42 Å². The maximum atomic E-state index is 11.2. The van der Waals surface area contributed by atoms with Crippen LogP contribution in [0, 0.1) is 0 Å². The Balaban J connectivity index is 0.000000130. The van der Waals surface area contributed by atoms with E-state index in [2.05, 4.69) is 24.3 Å². The summed E-state index contributed by atoms with van der Waals surface area (Å²) in [6.07, 6.45) is 0.486. The Morgan fingerprint density at radius 1 is 0.224 bits per heavy atom. The summed E-state index contributed by atoms with van der Waals surface area (Å²) >= 11 is 0. The Hall–Kier alpha value is -13.2. The quantitative estimate of drug-likeness (QED) is 0.0549. The van der Waals surface area contributed by atoms with E-state index in [1.165, 1.54) is 0 Å². The van der Waals surface area contributed by atoms with Gasteiger partial charge in [0.15, 0.2) is 0 Å². The molecule has 98 heavy (non-hydrogen) atoms. The molecule has 0 saturated carbocycles. The number of phenols is 8. The molecule has 8 N–H and O–H groups in total. The van der Waals surface area contributed by atoms with Gasteiger partial charge >= 0.3 is 0 Å². The van der Waals surface area contributed by atoms with Crippen molar-refractivity contribution >= 4 is 53.9 Å². The average molecular weight is 1280 g/mol. The number of rotatable bonds is 12. The number of hydrogen-bond acceptors (Lipinski definition) is 10. The zero-order valence-corrected chi connectivity index (χ0v) is 52.8. The second kappa shape index (κ2) is 27.4. The van der Waals surface area contributed by atoms with Crippen LogP contribution in [0.2, 0.25) is 0 Å². The molecule has 16 rings (SSSR count). The lowest BCUT2D eigenvalue weighted by Crippen LogP contribution is -2.05. The van der Waals surface area contributed by atoms with Gasteiger partial charge in [-0.25, -0.2) is 0 Å². The topological polar surface area (TPSA) is 180 Å². The van der Waals surface area contributed by atoms with Crippen LogP contribution in [0.5, 0.6) is 69.0 Å². The van der Waals surface area contributed by atoms with Gasteiger partial charge in [0.05, 0.1) is 0 Å². The van der Waals surface area contributed by atoms with Crippen LogP contribution in [0.25, 0.3) is 87.2 Å². The first-order valence-electron chi connectivity index (χ1n) is 31.9. The number of phenolic OH excluding ortho intramolecular Hbond substituents is 8. The Labute approximate surface area is 565 Å². The highest BCUT2D eigenvalue weighted by molar-refractivity contribution is 5.92. The minimum absolute atomic E-state index is 0.110. The summed E-state index contributed by atoms with van der Waals surface area (Å²) in [5, 5.41) is 92.4. The van der Waals surface area contributed by atoms with Gasteiger partial charge in [-0.05, 0) is 226 Å². The molecule has 16 aromatic rings. The van der Waals surface area contributed by atoms with Crippen molar-refractivity contribution in [2.24, 2.45) is 0 Å². The van der Waals surface area contributed by atoms with Crippen molar-refractivity contribution in [3.63, 3.8) is 0 Å². The van der Waals surface area contributed by atoms with E-state index in [0.717, 1.165) is 104 Å². The summed E-state index contributed by atoms with van der Waals surface area (Å²) in [5.41, 5.74) is 9.57. The van der Waals surface area contributed by atoms with Gasteiger partial charge in [0.2, 0.25) is 0 Å². The maximum absolute atomic E-state index is 11.2. The minimum Gasteiger partial charge on any atom is -0.508 e. The zero-order chi connectivity index (χ0) is 67.2. The van der Waals surface area contributed by atoms with Crippen LogP contribution in [0.3, 0.4) is 0 Å². The molecule has 0 fully saturated rings. The summed E-state index contributed by atoms with van der Waals surface area (Å²) in [5.74, 6) is 3.89. The van der Waals surface area contributed by atoms with Gasteiger partial charge in [-0.3, -0.25) is 0 Å². The van der Waals surface area contributed by atoms with E-state index in [4.69, 9.17) is 9.47 Å². The van der Waals surface area contributed by atoms with Crippen molar-refractivity contribution in [1.29, 1.82) is 0 Å². The Bertz CT molecular complexity index is 5280. The lowest BCUT2D eigenvalue weighted by Gasteiger charge is -2.23. The fraction of sp³-hybridized carbons (Fsp3) is 0.0227. The zero-order valence-electron chi connectivity index (χ0n) is 52.8. The van der Waals surface area contributed by atoms with Crippen LogP contribution < -0.4 is 9.47 Å². The summed E-state index contributed by atoms with van der Waals surface area (Å²) in [4.78, 5) is 0. The molecule has 476 valence electrons. The highest BCUT2D eigenvalue weighted by Crippen LogP contribution is 2.45. The van der Waals surface area contributed by atoms with E-state index in [9.17, 15) is 40.9 Å². The monoisotopic (exact) mass is 1280 g/mol. The molecule has 0 aliphatic carbocycles. The molecule has 10 heteroatoms. The predicted octanol–water partition coefficient (Wildman–Crippen LogP) is 21.8. The van der Waals surface area contributed by atoms with E-state index in [0.29, 0.717) is 40.5 Å². The van der Waals surface area contributed by atoms with Gasteiger partial charge in [-0.2, -0.15) is 0 Å². The van der Waals surface area contributed by atoms with Crippen molar-refractivity contribution in [1.82, 2.24) is 0 Å². The van der Waals surface area contributed by atoms with Crippen LogP contribution in [0.4, 0.5) is 0 Å². The summed E-state index contributed by atoms with van der Waals surface area (Å²) in [7, 11) is 0. The molecule has 10 nitrogen and oxygen atoms in total. The Morgan fingerprint density at radius 2 is 0.541 bits per heavy atom. The van der Waals surface area contributed by atoms with Crippen molar-refractivity contribution in [3.05, 3.63) is 349 Å². The van der Waals surface area contributed by atoms with Gasteiger partial charge in [0.25, 0.3) is 0 Å². The molecule has 0 unspecified atom stereocenters. The predicted molar refractivity (Wildman–Crippen MR) is 393 cm³/mol. The van der Waals surface area contributed by atoms with Crippen LogP contribution >= 0.6 is 0 Å². The molecule has 0 atom stereocenters. The Kier molecular flexibility index (Phi) is 17.4. The fourth-order valence-electron chi connectivity index (χ4n) is 12.6. The number of hydrogen-bond donors (Lipinski definition) is 8. The van der Waals surface area contributed by atoms with E-state index < -0.39 is 5.92 Å². The third-order valence-electron chi connectivity index (χ3n) is 17.7. The molecular weight excluding hydrogens is 1220 g/mol. The molecule has 0 aliphatic rings. The van der Waals surface area contributed by atoms with Crippen LogP contribution in [-0.4, -0.2) is 40.9 Å². The fourth-order valence-corrected chi connectivity index (χ4v) is 12.6. The first kappa shape index (κ1) is 62.3. The van der Waals surface area contributed by atoms with E-state index in [-0.39, 0.29) is 46.0 Å². The lowest BCUT2D eigenvalue weighted by molar-refractivity contribution is 0.458. The second-order valence-electron chi connectivity index (χ2n) is 24.1. The molecule has 0 radical (unpaired) electrons. The molecule has 0 saturated heterocycles. The van der Waals surface area contributed by atoms with Gasteiger partial charge in [-0.1, -0.05) is 188 Å². The van der Waals surface area contributed by atoms with E-state index >= 15 is 0 Å². The largest absolute Gasteiger partial charge is 0.508 e. The van der Waals surface area contributed by atoms with Crippen molar-refractivity contribution < 1.29 is 50.3 Å². The highest BCUT2D eigenvalue weighted by atomic mass is 16.5. The average Bonchev–Trinajstić information content (AvgIpc) is 0.774. The van der Waals surface area contributed by atoms with Crippen molar-refractivity contribution in [2.75, 3.05) is 0 Å². The van der Waals surface area contributed by atoms with Gasteiger partial charge in [0.1, 0.15) is 69.0 Å². The van der Waals surface area contributed by atoms with E-state index in [1.54, 1.807) is 72.8 Å². The normalized spacial score (nSPS) is 11.1. The van der Waals surface area contributed by atoms with Gasteiger partial charge in [0, 0.05) is 34.6 Å². The van der Waals surface area contributed by atoms with E-state index in [1.807, 2.05) is 224 Å². The SMILES string of the molecule is Oc1ccc(-c2ccc(O)c(C(c3ccc(-c4ccccc4)cc3)c3cc(-c4ccc(O)cc4)ccc3O)c2)cc1.Oc1ccc2ccc(Oc3ccc4ccc(Oc5ccc6ccc(O)cc6c5)cc4c3)cc2c1.Oc1ccc2ccccc2c1Cc1c(O)ccc2ccccc12. The number of ether oxygens (including phenoxy) is 2. The molecule has 0 heterocycles. The lowest BCUT2D eigenvalue weighted by atomic mass is 9.81. The molecule has 0 bridgehead atoms. The standard InChI is InChI=1S/C37H28O4.C30H20O4.C21H16O2/c38-31-16-10-26(11-17-31)29-14-20-35(40)33(22-29)37(28-8-6-25(7-9-28)24-4-2-1-3-5-24)34-23-30(15-21-36(34)41)27-12-18-32(39)19-13-27;31-25-7-1-19-3-9-27(15-22(19)13-25)33-29-11-5-21-6-12-30(18-24(21)17-29)34-28-10-4-20-2-8-26(32)14-23(20)16-28;22-20-11-9-14-5-1-3-7-16(14)18(20)13-19-17-8-4-2-6-15(17)10-12-21(19)23/h1-23,37-41H;1-18,31-32H;1-12,22-23H,13H2. The van der Waals surface area contributed by atoms with Gasteiger partial charge in [-0.15, -0.1) is 0 Å². The van der Waals surface area contributed by atoms with Crippen molar-refractivity contribution in [2.45, 2.75) is 12.3 Å². The smallest absolute Gasteiger partial charge is 0.128 e. The summed E-state index contributed by atoms with van der Waals surface area (Å²) in [6, 6.07) is 100. The Morgan fingerprint density at radius 3 is 0.969 bits per heavy atom. The highest BCUT2D eigenvalue weighted by Gasteiger charge is 2.25. The molecule has 0 spiro atoms. The second-order valence-corrected chi connectivity index (χ2v) is 24.1. The minimum atomic E-state index is -0.492. The van der Waals surface area contributed by atoms with Crippen LogP contribution in [0.15, 0.2) is 322 Å². The first-order chi connectivity index (χ1) is 47.8. The van der Waals surface area contributed by atoms with Crippen LogP contribution in [0.1, 0.15) is 33.7 Å². The molecular formula is C88H64O10. The summed E-state index contributed by atoms with van der Waals surface area (Å²) in [6.45, 7) is 0. The molecule has 0 amide bonds. The molecule has 0 aromatic heterocycles. The first-order valence-corrected chi connectivity index (χ1v) is 31.9. The summed E-state index contributed by atoms with van der Waals surface area (Å²) < 4.78 is 12.2. The number of fused-ring (bicyclic) bond motifs is 5. The number of aromatic hydroxyl groups is 8. The maximum Gasteiger partial charge on any atom is 0.128 e.